The molecule has 0 aliphatic heterocycles. The van der Waals surface area contributed by atoms with Gasteiger partial charge in [-0.15, -0.1) is 0 Å². The van der Waals surface area contributed by atoms with Crippen molar-refractivity contribution >= 4 is 18.1 Å². The van der Waals surface area contributed by atoms with Gasteiger partial charge in [0.25, 0.3) is 5.91 Å². The van der Waals surface area contributed by atoms with Gasteiger partial charge in [0, 0.05) is 28.2 Å². The number of aromatic nitrogens is 1. The summed E-state index contributed by atoms with van der Waals surface area (Å²) in [5.41, 5.74) is 6.91. The van der Waals surface area contributed by atoms with E-state index < -0.39 is 5.91 Å². The Hall–Kier alpha value is -3.87. The number of phenols is 1. The third-order valence-electron chi connectivity index (χ3n) is 4.49. The molecular formula is C22H21N3O4. The Labute approximate surface area is 168 Å². The highest BCUT2D eigenvalue weighted by Crippen LogP contribution is 2.20. The van der Waals surface area contributed by atoms with Crippen LogP contribution in [0.1, 0.15) is 37.7 Å². The summed E-state index contributed by atoms with van der Waals surface area (Å²) in [6, 6.07) is 15.1. The molecule has 3 aromatic rings. The van der Waals surface area contributed by atoms with Gasteiger partial charge in [-0.2, -0.15) is 5.10 Å². The fourth-order valence-electron chi connectivity index (χ4n) is 3.05. The van der Waals surface area contributed by atoms with E-state index >= 15 is 0 Å². The molecule has 3 rings (SSSR count). The van der Waals surface area contributed by atoms with Crippen LogP contribution in [-0.4, -0.2) is 34.9 Å². The lowest BCUT2D eigenvalue weighted by atomic mass is 10.2. The largest absolute Gasteiger partial charge is 0.508 e. The molecule has 7 nitrogen and oxygen atoms in total. The molecule has 148 valence electrons. The zero-order valence-corrected chi connectivity index (χ0v) is 16.3. The number of amides is 1. The van der Waals surface area contributed by atoms with Crippen LogP contribution in [-0.2, 0) is 4.74 Å². The number of carbonyl (C=O) groups is 2. The molecule has 0 spiro atoms. The highest BCUT2D eigenvalue weighted by Gasteiger charge is 2.11. The maximum Gasteiger partial charge on any atom is 0.337 e. The summed E-state index contributed by atoms with van der Waals surface area (Å²) in [7, 11) is 1.35. The van der Waals surface area contributed by atoms with Crippen molar-refractivity contribution in [1.29, 1.82) is 0 Å². The maximum atomic E-state index is 12.1. The molecule has 1 amide bonds. The van der Waals surface area contributed by atoms with Gasteiger partial charge in [-0.3, -0.25) is 4.79 Å². The normalized spacial score (nSPS) is 10.9. The number of ether oxygens (including phenoxy) is 1. The van der Waals surface area contributed by atoms with Crippen molar-refractivity contribution in [3.05, 3.63) is 82.7 Å². The number of benzene rings is 2. The van der Waals surface area contributed by atoms with E-state index in [1.807, 2.05) is 36.6 Å². The van der Waals surface area contributed by atoms with E-state index in [-0.39, 0.29) is 11.7 Å². The van der Waals surface area contributed by atoms with Crippen LogP contribution in [0.15, 0.2) is 59.7 Å². The molecule has 0 unspecified atom stereocenters. The average Bonchev–Trinajstić information content (AvgIpc) is 3.00. The summed E-state index contributed by atoms with van der Waals surface area (Å²) in [5.74, 6) is -0.777. The number of aryl methyl sites for hydroxylation is 1. The number of nitrogens with one attached hydrogen (secondary N) is 1. The molecule has 0 radical (unpaired) electrons. The lowest BCUT2D eigenvalue weighted by molar-refractivity contribution is 0.0600. The minimum atomic E-state index is -0.413. The van der Waals surface area contributed by atoms with Gasteiger partial charge in [0.2, 0.25) is 0 Å². The molecule has 7 heteroatoms. The highest BCUT2D eigenvalue weighted by atomic mass is 16.5. The van der Waals surface area contributed by atoms with Crippen LogP contribution in [0.3, 0.4) is 0 Å². The Morgan fingerprint density at radius 3 is 2.45 bits per heavy atom. The first-order valence-corrected chi connectivity index (χ1v) is 8.91. The Kier molecular flexibility index (Phi) is 5.78. The Bertz CT molecular complexity index is 1080. The molecule has 0 aliphatic rings. The van der Waals surface area contributed by atoms with Crippen molar-refractivity contribution in [1.82, 2.24) is 9.99 Å². The van der Waals surface area contributed by atoms with Gasteiger partial charge in [0.05, 0.1) is 18.9 Å². The van der Waals surface area contributed by atoms with Crippen LogP contribution in [0.2, 0.25) is 0 Å². The summed E-state index contributed by atoms with van der Waals surface area (Å²) in [6.45, 7) is 3.91. The maximum absolute atomic E-state index is 12.1. The van der Waals surface area contributed by atoms with Gasteiger partial charge in [0.1, 0.15) is 5.75 Å². The van der Waals surface area contributed by atoms with Gasteiger partial charge in [0.15, 0.2) is 0 Å². The fraction of sp³-hybridized carbons (Fsp3) is 0.136. The zero-order valence-electron chi connectivity index (χ0n) is 16.3. The molecule has 1 aromatic heterocycles. The second kappa shape index (κ2) is 8.43. The highest BCUT2D eigenvalue weighted by molar-refractivity contribution is 5.95. The first kappa shape index (κ1) is 19.9. The van der Waals surface area contributed by atoms with Crippen LogP contribution in [0.25, 0.3) is 5.69 Å². The number of hydrogen-bond donors (Lipinski definition) is 2. The molecule has 0 saturated carbocycles. The topological polar surface area (TPSA) is 92.9 Å². The Balaban J connectivity index is 1.78. The van der Waals surface area contributed by atoms with Crippen LogP contribution >= 0.6 is 0 Å². The van der Waals surface area contributed by atoms with Crippen molar-refractivity contribution in [2.75, 3.05) is 7.11 Å². The quantitative estimate of drug-likeness (QED) is 0.396. The van der Waals surface area contributed by atoms with Crippen molar-refractivity contribution in [3.8, 4) is 11.4 Å². The van der Waals surface area contributed by atoms with Crippen molar-refractivity contribution in [2.24, 2.45) is 5.10 Å². The first-order chi connectivity index (χ1) is 13.9. The predicted molar refractivity (Wildman–Crippen MR) is 110 cm³/mol. The molecule has 0 atom stereocenters. The van der Waals surface area contributed by atoms with E-state index in [9.17, 15) is 14.7 Å². The van der Waals surface area contributed by atoms with E-state index in [0.29, 0.717) is 11.1 Å². The SMILES string of the molecule is COC(=O)c1ccc(-n2c(C)cc(/C=N\NC(=O)c3cccc(O)c3)c2C)cc1. The van der Waals surface area contributed by atoms with Gasteiger partial charge in [-0.05, 0) is 62.4 Å². The number of carbonyl (C=O) groups excluding carboxylic acids is 2. The Morgan fingerprint density at radius 2 is 1.79 bits per heavy atom. The van der Waals surface area contributed by atoms with Gasteiger partial charge in [-0.25, -0.2) is 10.2 Å². The molecule has 1 heterocycles. The van der Waals surface area contributed by atoms with Crippen LogP contribution in [0.4, 0.5) is 0 Å². The summed E-state index contributed by atoms with van der Waals surface area (Å²) in [6.07, 6.45) is 1.57. The van der Waals surface area contributed by atoms with Gasteiger partial charge in [-0.1, -0.05) is 6.07 Å². The summed E-state index contributed by atoms with van der Waals surface area (Å²) in [4.78, 5) is 23.7. The summed E-state index contributed by atoms with van der Waals surface area (Å²) < 4.78 is 6.75. The van der Waals surface area contributed by atoms with E-state index in [2.05, 4.69) is 10.5 Å². The molecule has 0 saturated heterocycles. The molecule has 29 heavy (non-hydrogen) atoms. The lowest BCUT2D eigenvalue weighted by Crippen LogP contribution is -2.17. The second-order valence-electron chi connectivity index (χ2n) is 6.45. The third kappa shape index (κ3) is 4.35. The minimum Gasteiger partial charge on any atom is -0.508 e. The first-order valence-electron chi connectivity index (χ1n) is 8.91. The van der Waals surface area contributed by atoms with E-state index in [0.717, 1.165) is 22.6 Å². The smallest absolute Gasteiger partial charge is 0.337 e. The lowest BCUT2D eigenvalue weighted by Gasteiger charge is -2.10. The van der Waals surface area contributed by atoms with Gasteiger partial charge < -0.3 is 14.4 Å². The number of rotatable bonds is 5. The molecular weight excluding hydrogens is 370 g/mol. The second-order valence-corrected chi connectivity index (χ2v) is 6.45. The third-order valence-corrected chi connectivity index (χ3v) is 4.49. The number of nitrogens with zero attached hydrogens (tertiary/aromatic N) is 2. The van der Waals surface area contributed by atoms with E-state index in [4.69, 9.17) is 4.74 Å². The summed E-state index contributed by atoms with van der Waals surface area (Å²) >= 11 is 0. The molecule has 0 fully saturated rings. The number of methoxy groups -OCH3 is 1. The predicted octanol–water partition coefficient (Wildman–Crippen LogP) is 3.35. The van der Waals surface area contributed by atoms with Crippen LogP contribution < -0.4 is 5.43 Å². The molecule has 0 bridgehead atoms. The number of hydrogen-bond acceptors (Lipinski definition) is 5. The number of phenolic OH excluding ortho intramolecular Hbond substituents is 1. The molecule has 2 N–H and O–H groups in total. The van der Waals surface area contributed by atoms with Crippen molar-refractivity contribution in [2.45, 2.75) is 13.8 Å². The van der Waals surface area contributed by atoms with E-state index in [1.54, 1.807) is 30.5 Å². The van der Waals surface area contributed by atoms with Crippen molar-refractivity contribution < 1.29 is 19.4 Å². The number of hydrazone groups is 1. The molecule has 2 aromatic carbocycles. The average molecular weight is 391 g/mol. The van der Waals surface area contributed by atoms with Crippen LogP contribution in [0.5, 0.6) is 5.75 Å². The minimum absolute atomic E-state index is 0.0170. The Morgan fingerprint density at radius 1 is 1.07 bits per heavy atom. The number of aromatic hydroxyl groups is 1. The zero-order chi connectivity index (χ0) is 21.0. The number of esters is 1. The monoisotopic (exact) mass is 391 g/mol. The van der Waals surface area contributed by atoms with E-state index in [1.165, 1.54) is 19.2 Å². The fourth-order valence-corrected chi connectivity index (χ4v) is 3.05. The van der Waals surface area contributed by atoms with Crippen LogP contribution in [0, 0.1) is 13.8 Å². The van der Waals surface area contributed by atoms with Crippen molar-refractivity contribution in [3.63, 3.8) is 0 Å². The summed E-state index contributed by atoms with van der Waals surface area (Å²) in [5, 5.41) is 13.5. The molecule has 0 aliphatic carbocycles. The van der Waals surface area contributed by atoms with Gasteiger partial charge >= 0.3 is 5.97 Å². The standard InChI is InChI=1S/C22H21N3O4/c1-14-11-18(13-23-24-21(27)17-5-4-6-20(26)12-17)15(2)25(14)19-9-7-16(8-10-19)22(28)29-3/h4-13,26H,1-3H3,(H,24,27)/b23-13-.